The maximum atomic E-state index is 10.8. The van der Waals surface area contributed by atoms with Crippen LogP contribution in [0.2, 0.25) is 0 Å². The normalized spacial score (nSPS) is 15.2. The summed E-state index contributed by atoms with van der Waals surface area (Å²) in [4.78, 5) is 32.3. The number of hydrogen-bond donors (Lipinski definition) is 0. The molecule has 0 aromatic carbocycles. The number of rotatable bonds is 18. The Hall–Kier alpha value is -0.486. The molecule has 0 saturated carbocycles. The van der Waals surface area contributed by atoms with Gasteiger partial charge in [-0.2, -0.15) is 0 Å². The first-order chi connectivity index (χ1) is 16.7. The van der Waals surface area contributed by atoms with E-state index in [1.54, 1.807) is 20.8 Å². The van der Waals surface area contributed by atoms with Gasteiger partial charge in [-0.15, -0.1) is 0 Å². The summed E-state index contributed by atoms with van der Waals surface area (Å²) >= 11 is 0. The Labute approximate surface area is 254 Å². The molecule has 0 radical (unpaired) electrons. The van der Waals surface area contributed by atoms with Crippen molar-refractivity contribution in [1.82, 2.24) is 0 Å². The number of carboxylic acid groups (broad SMARTS) is 3. The van der Waals surface area contributed by atoms with E-state index in [1.807, 2.05) is 20.8 Å². The Morgan fingerprint density at radius 1 is 0.459 bits per heavy atom. The van der Waals surface area contributed by atoms with Crippen LogP contribution >= 0.6 is 0 Å². The van der Waals surface area contributed by atoms with E-state index < -0.39 is 34.2 Å². The van der Waals surface area contributed by atoms with Crippen LogP contribution in [0.1, 0.15) is 159 Å². The first kappa shape index (κ1) is 43.6. The summed E-state index contributed by atoms with van der Waals surface area (Å²) in [6, 6.07) is 0. The van der Waals surface area contributed by atoms with Crippen molar-refractivity contribution in [2.45, 2.75) is 159 Å². The molecule has 3 atom stereocenters. The SMILES string of the molecule is CCCCC(C)(CCC)C(=O)[O-].CCCCCC(C)(CC)C(=O)[O-].CCCCCC(C)(CC)C(=O)[O-].[Y+3]. The molecule has 0 amide bonds. The van der Waals surface area contributed by atoms with E-state index in [-0.39, 0.29) is 32.7 Å². The van der Waals surface area contributed by atoms with E-state index >= 15 is 0 Å². The van der Waals surface area contributed by atoms with Gasteiger partial charge >= 0.3 is 32.7 Å². The molecule has 0 aromatic heterocycles. The van der Waals surface area contributed by atoms with E-state index in [1.165, 1.54) is 0 Å². The predicted molar refractivity (Wildman–Crippen MR) is 143 cm³/mol. The van der Waals surface area contributed by atoms with Gasteiger partial charge in [0, 0.05) is 34.2 Å². The van der Waals surface area contributed by atoms with E-state index in [0.717, 1.165) is 83.5 Å². The van der Waals surface area contributed by atoms with Gasteiger partial charge in [0.15, 0.2) is 0 Å². The number of aliphatic carboxylic acids is 3. The molecule has 0 aliphatic carbocycles. The zero-order chi connectivity index (χ0) is 28.8. The van der Waals surface area contributed by atoms with Gasteiger partial charge in [-0.3, -0.25) is 0 Å². The van der Waals surface area contributed by atoms with Gasteiger partial charge in [-0.25, -0.2) is 0 Å². The summed E-state index contributed by atoms with van der Waals surface area (Å²) in [6.07, 6.45) is 13.7. The number of hydrogen-bond acceptors (Lipinski definition) is 6. The fraction of sp³-hybridized carbons (Fsp3) is 0.900. The van der Waals surface area contributed by atoms with Gasteiger partial charge in [0.1, 0.15) is 0 Å². The van der Waals surface area contributed by atoms with E-state index in [0.29, 0.717) is 12.8 Å². The van der Waals surface area contributed by atoms with Crippen LogP contribution in [0, 0.1) is 16.2 Å². The molecule has 0 aliphatic heterocycles. The van der Waals surface area contributed by atoms with Gasteiger partial charge in [0.2, 0.25) is 0 Å². The zero-order valence-electron chi connectivity index (χ0n) is 25.6. The van der Waals surface area contributed by atoms with E-state index in [4.69, 9.17) is 0 Å². The summed E-state index contributed by atoms with van der Waals surface area (Å²) in [5, 5.41) is 32.3. The Morgan fingerprint density at radius 2 is 0.757 bits per heavy atom. The van der Waals surface area contributed by atoms with Crippen LogP contribution in [0.5, 0.6) is 0 Å². The quantitative estimate of drug-likeness (QED) is 0.199. The fourth-order valence-electron chi connectivity index (χ4n) is 3.82. The third kappa shape index (κ3) is 20.1. The number of carbonyl (C=O) groups excluding carboxylic acids is 3. The van der Waals surface area contributed by atoms with E-state index in [2.05, 4.69) is 20.8 Å². The molecule has 6 nitrogen and oxygen atoms in total. The maximum absolute atomic E-state index is 10.8. The third-order valence-electron chi connectivity index (χ3n) is 7.59. The minimum atomic E-state index is -0.902. The van der Waals surface area contributed by atoms with Crippen LogP contribution in [0.15, 0.2) is 0 Å². The second-order valence-corrected chi connectivity index (χ2v) is 11.0. The van der Waals surface area contributed by atoms with Gasteiger partial charge < -0.3 is 29.7 Å². The molecule has 0 spiro atoms. The maximum Gasteiger partial charge on any atom is 3.00 e. The van der Waals surface area contributed by atoms with Crippen molar-refractivity contribution >= 4 is 17.9 Å². The molecule has 216 valence electrons. The molecule has 0 aliphatic rings. The molecule has 0 heterocycles. The van der Waals surface area contributed by atoms with Crippen molar-refractivity contribution < 1.29 is 62.4 Å². The summed E-state index contributed by atoms with van der Waals surface area (Å²) in [5.74, 6) is -2.69. The van der Waals surface area contributed by atoms with Crippen molar-refractivity contribution in [2.75, 3.05) is 0 Å². The standard InChI is InChI=1S/3C10H20O2.Y/c2*1-4-6-7-8-10(3,5-2)9(11)12;1-4-6-8-10(3,7-5-2)9(11)12;/h3*4-8H2,1-3H3,(H,11,12);/q;;;+3/p-3. The molecule has 3 unspecified atom stereocenters. The fourth-order valence-corrected chi connectivity index (χ4v) is 3.82. The number of carboxylic acids is 3. The van der Waals surface area contributed by atoms with Crippen LogP contribution < -0.4 is 15.3 Å². The summed E-state index contributed by atoms with van der Waals surface area (Å²) in [5.41, 5.74) is -1.80. The molecule has 0 aromatic rings. The summed E-state index contributed by atoms with van der Waals surface area (Å²) < 4.78 is 0. The van der Waals surface area contributed by atoms with Crippen LogP contribution in [-0.2, 0) is 47.1 Å². The molecule has 0 fully saturated rings. The Bertz CT molecular complexity index is 563. The van der Waals surface area contributed by atoms with Crippen LogP contribution in [0.25, 0.3) is 0 Å². The Morgan fingerprint density at radius 3 is 0.973 bits per heavy atom. The van der Waals surface area contributed by atoms with Crippen LogP contribution in [0.4, 0.5) is 0 Å². The smallest absolute Gasteiger partial charge is 0.550 e. The Balaban J connectivity index is -0.000000218. The molecule has 7 heteroatoms. The first-order valence-corrected chi connectivity index (χ1v) is 14.3. The monoisotopic (exact) mass is 602 g/mol. The van der Waals surface area contributed by atoms with Crippen molar-refractivity contribution in [1.29, 1.82) is 0 Å². The van der Waals surface area contributed by atoms with Gasteiger partial charge in [-0.05, 0) is 38.5 Å². The van der Waals surface area contributed by atoms with Crippen molar-refractivity contribution in [3.63, 3.8) is 0 Å². The molecule has 0 bridgehead atoms. The molecule has 37 heavy (non-hydrogen) atoms. The number of unbranched alkanes of at least 4 members (excludes halogenated alkanes) is 5. The second-order valence-electron chi connectivity index (χ2n) is 11.0. The molecule has 0 N–H and O–H groups in total. The second kappa shape index (κ2) is 24.5. The average molecular weight is 603 g/mol. The summed E-state index contributed by atoms with van der Waals surface area (Å²) in [6.45, 7) is 17.5. The number of carbonyl (C=O) groups is 3. The third-order valence-corrected chi connectivity index (χ3v) is 7.59. The van der Waals surface area contributed by atoms with Crippen molar-refractivity contribution in [2.24, 2.45) is 16.2 Å². The van der Waals surface area contributed by atoms with Crippen LogP contribution in [0.3, 0.4) is 0 Å². The minimum absolute atomic E-state index is 0. The minimum Gasteiger partial charge on any atom is -0.550 e. The van der Waals surface area contributed by atoms with Gasteiger partial charge in [0.25, 0.3) is 0 Å². The molecule has 0 rings (SSSR count). The molecule has 0 saturated heterocycles. The zero-order valence-corrected chi connectivity index (χ0v) is 28.5. The molecular formula is C30H57O6Y. The van der Waals surface area contributed by atoms with Crippen LogP contribution in [-0.4, -0.2) is 17.9 Å². The Kier molecular flexibility index (Phi) is 28.9. The van der Waals surface area contributed by atoms with Gasteiger partial charge in [-0.1, -0.05) is 120 Å². The van der Waals surface area contributed by atoms with E-state index in [9.17, 15) is 29.7 Å². The largest absolute Gasteiger partial charge is 3.00 e. The average Bonchev–Trinajstić information content (AvgIpc) is 2.83. The predicted octanol–water partition coefficient (Wildman–Crippen LogP) is 5.20. The topological polar surface area (TPSA) is 120 Å². The van der Waals surface area contributed by atoms with Crippen molar-refractivity contribution in [3.05, 3.63) is 0 Å². The summed E-state index contributed by atoms with van der Waals surface area (Å²) in [7, 11) is 0. The van der Waals surface area contributed by atoms with Gasteiger partial charge in [0.05, 0.1) is 0 Å². The first-order valence-electron chi connectivity index (χ1n) is 14.3. The van der Waals surface area contributed by atoms with Crippen molar-refractivity contribution in [3.8, 4) is 0 Å². The molecular weight excluding hydrogens is 545 g/mol.